The molecule has 0 radical (unpaired) electrons. The van der Waals surface area contributed by atoms with Crippen LogP contribution in [0.25, 0.3) is 11.3 Å². The Morgan fingerprint density at radius 3 is 3.00 bits per heavy atom. The quantitative estimate of drug-likeness (QED) is 0.773. The highest BCUT2D eigenvalue weighted by atomic mass is 79.9. The molecular weight excluding hydrogens is 302 g/mol. The molecule has 0 amide bonds. The maximum Gasteiger partial charge on any atom is 0.126 e. The largest absolute Gasteiger partial charge is 0.344 e. The average molecular weight is 320 g/mol. The zero-order valence-corrected chi connectivity index (χ0v) is 12.8. The Morgan fingerprint density at radius 2 is 2.26 bits per heavy atom. The number of H-pyrrole nitrogens is 1. The number of fused-ring (bicyclic) bond motifs is 3. The van der Waals surface area contributed by atoms with Crippen LogP contribution in [0.1, 0.15) is 43.8 Å². The molecule has 0 saturated heterocycles. The summed E-state index contributed by atoms with van der Waals surface area (Å²) in [5, 5.41) is 0. The molecule has 0 fully saturated rings. The van der Waals surface area contributed by atoms with Crippen molar-refractivity contribution in [1.29, 1.82) is 0 Å². The number of hydrogen-bond donors (Lipinski definition) is 2. The van der Waals surface area contributed by atoms with Gasteiger partial charge in [-0.25, -0.2) is 4.98 Å². The lowest BCUT2D eigenvalue weighted by atomic mass is 9.97. The van der Waals surface area contributed by atoms with Crippen molar-refractivity contribution in [1.82, 2.24) is 9.97 Å². The molecule has 1 aliphatic rings. The summed E-state index contributed by atoms with van der Waals surface area (Å²) in [6.45, 7) is 4.19. The van der Waals surface area contributed by atoms with Crippen molar-refractivity contribution in [3.63, 3.8) is 0 Å². The van der Waals surface area contributed by atoms with Gasteiger partial charge < -0.3 is 10.7 Å². The van der Waals surface area contributed by atoms with Gasteiger partial charge in [-0.15, -0.1) is 0 Å². The fourth-order valence-corrected chi connectivity index (χ4v) is 3.31. The Balaban J connectivity index is 2.05. The van der Waals surface area contributed by atoms with Crippen LogP contribution >= 0.6 is 15.9 Å². The summed E-state index contributed by atoms with van der Waals surface area (Å²) in [7, 11) is 0. The third kappa shape index (κ3) is 2.03. The number of nitrogens with two attached hydrogens (primary N) is 1. The minimum absolute atomic E-state index is 0.370. The molecule has 4 heteroatoms. The maximum absolute atomic E-state index is 6.36. The van der Waals surface area contributed by atoms with Crippen LogP contribution in [0.15, 0.2) is 22.7 Å². The van der Waals surface area contributed by atoms with Gasteiger partial charge in [0.1, 0.15) is 5.82 Å². The number of hydrogen-bond acceptors (Lipinski definition) is 2. The lowest BCUT2D eigenvalue weighted by Gasteiger charge is -2.21. The smallest absolute Gasteiger partial charge is 0.126 e. The van der Waals surface area contributed by atoms with Crippen LogP contribution in [-0.2, 0) is 12.0 Å². The van der Waals surface area contributed by atoms with Crippen molar-refractivity contribution >= 4 is 15.9 Å². The number of nitrogens with zero attached hydrogens (tertiary/aromatic N) is 1. The second-order valence-corrected chi connectivity index (χ2v) is 6.38. The summed E-state index contributed by atoms with van der Waals surface area (Å²) in [5.74, 6) is 0.907. The molecular formula is C15H18BrN3. The second-order valence-electron chi connectivity index (χ2n) is 5.52. The van der Waals surface area contributed by atoms with Crippen LogP contribution in [0.5, 0.6) is 0 Å². The van der Waals surface area contributed by atoms with Crippen molar-refractivity contribution in [3.05, 3.63) is 39.8 Å². The number of nitrogens with one attached hydrogen (secondary N) is 1. The van der Waals surface area contributed by atoms with Gasteiger partial charge in [0, 0.05) is 22.2 Å². The van der Waals surface area contributed by atoms with E-state index < -0.39 is 0 Å². The predicted molar refractivity (Wildman–Crippen MR) is 81.0 cm³/mol. The average Bonchev–Trinajstić information content (AvgIpc) is 2.88. The normalized spacial score (nSPS) is 16.0. The summed E-state index contributed by atoms with van der Waals surface area (Å²) in [6, 6.07) is 6.26. The van der Waals surface area contributed by atoms with Crippen molar-refractivity contribution in [3.8, 4) is 11.3 Å². The standard InChI is InChI=1S/C15H18BrN3/c1-3-7-15(2,17)14-18-12-8-10-9(13(12)19-14)5-4-6-11(10)16/h4-6H,3,7-8,17H2,1-2H3,(H,18,19). The van der Waals surface area contributed by atoms with Gasteiger partial charge in [-0.05, 0) is 25.0 Å². The van der Waals surface area contributed by atoms with Gasteiger partial charge in [0.05, 0.1) is 11.2 Å². The zero-order valence-electron chi connectivity index (χ0n) is 11.3. The first kappa shape index (κ1) is 12.9. The first-order chi connectivity index (χ1) is 9.03. The first-order valence-corrected chi connectivity index (χ1v) is 7.48. The highest BCUT2D eigenvalue weighted by Crippen LogP contribution is 2.39. The first-order valence-electron chi connectivity index (χ1n) is 6.69. The van der Waals surface area contributed by atoms with E-state index in [0.717, 1.165) is 35.3 Å². The third-order valence-corrected chi connectivity index (χ3v) is 4.56. The lowest BCUT2D eigenvalue weighted by Crippen LogP contribution is -2.34. The van der Waals surface area contributed by atoms with Crippen LogP contribution in [0, 0.1) is 0 Å². The molecule has 100 valence electrons. The molecule has 3 N–H and O–H groups in total. The van der Waals surface area contributed by atoms with E-state index in [-0.39, 0.29) is 5.54 Å². The minimum Gasteiger partial charge on any atom is -0.344 e. The summed E-state index contributed by atoms with van der Waals surface area (Å²) in [5.41, 5.74) is 10.8. The zero-order chi connectivity index (χ0) is 13.6. The van der Waals surface area contributed by atoms with E-state index in [2.05, 4.69) is 46.0 Å². The van der Waals surface area contributed by atoms with Gasteiger partial charge in [0.15, 0.2) is 0 Å². The van der Waals surface area contributed by atoms with E-state index in [1.54, 1.807) is 0 Å². The van der Waals surface area contributed by atoms with Gasteiger partial charge in [0.2, 0.25) is 0 Å². The van der Waals surface area contributed by atoms with Gasteiger partial charge in [-0.3, -0.25) is 0 Å². The molecule has 0 bridgehead atoms. The van der Waals surface area contributed by atoms with E-state index in [1.807, 2.05) is 6.92 Å². The molecule has 1 unspecified atom stereocenters. The molecule has 3 rings (SSSR count). The van der Waals surface area contributed by atoms with Gasteiger partial charge in [-0.1, -0.05) is 41.4 Å². The molecule has 0 aliphatic heterocycles. The number of halogens is 1. The Bertz CT molecular complexity index is 628. The third-order valence-electron chi connectivity index (χ3n) is 3.82. The van der Waals surface area contributed by atoms with Crippen molar-refractivity contribution in [2.45, 2.75) is 38.6 Å². The van der Waals surface area contributed by atoms with Crippen molar-refractivity contribution in [2.24, 2.45) is 5.73 Å². The van der Waals surface area contributed by atoms with E-state index in [1.165, 1.54) is 16.8 Å². The topological polar surface area (TPSA) is 54.7 Å². The molecule has 0 saturated carbocycles. The Labute approximate surface area is 121 Å². The summed E-state index contributed by atoms with van der Waals surface area (Å²) in [4.78, 5) is 8.20. The summed E-state index contributed by atoms with van der Waals surface area (Å²) >= 11 is 3.61. The van der Waals surface area contributed by atoms with Crippen molar-refractivity contribution < 1.29 is 0 Å². The SMILES string of the molecule is CCCC(C)(N)c1nc2c([nH]1)Cc1c(Br)cccc1-2. The minimum atomic E-state index is -0.370. The molecule has 19 heavy (non-hydrogen) atoms. The summed E-state index contributed by atoms with van der Waals surface area (Å²) in [6.07, 6.45) is 2.90. The molecule has 1 aromatic carbocycles. The number of aromatic nitrogens is 2. The molecule has 1 aliphatic carbocycles. The van der Waals surface area contributed by atoms with Crippen LogP contribution in [0.2, 0.25) is 0 Å². The van der Waals surface area contributed by atoms with E-state index in [4.69, 9.17) is 10.7 Å². The Morgan fingerprint density at radius 1 is 1.47 bits per heavy atom. The van der Waals surface area contributed by atoms with E-state index in [9.17, 15) is 0 Å². The van der Waals surface area contributed by atoms with Crippen molar-refractivity contribution in [2.75, 3.05) is 0 Å². The Hall–Kier alpha value is -1.13. The number of benzene rings is 1. The molecule has 1 aromatic heterocycles. The van der Waals surface area contributed by atoms with Gasteiger partial charge in [-0.2, -0.15) is 0 Å². The molecule has 1 heterocycles. The van der Waals surface area contributed by atoms with E-state index in [0.29, 0.717) is 0 Å². The second kappa shape index (κ2) is 4.46. The Kier molecular flexibility index (Phi) is 3.02. The van der Waals surface area contributed by atoms with E-state index >= 15 is 0 Å². The molecule has 1 atom stereocenters. The maximum atomic E-state index is 6.36. The van der Waals surface area contributed by atoms with Crippen LogP contribution < -0.4 is 5.73 Å². The lowest BCUT2D eigenvalue weighted by molar-refractivity contribution is 0.423. The number of rotatable bonds is 3. The van der Waals surface area contributed by atoms with Gasteiger partial charge >= 0.3 is 0 Å². The number of imidazole rings is 1. The highest BCUT2D eigenvalue weighted by molar-refractivity contribution is 9.10. The van der Waals surface area contributed by atoms with Crippen LogP contribution in [0.3, 0.4) is 0 Å². The predicted octanol–water partition coefficient (Wildman–Crippen LogP) is 3.72. The van der Waals surface area contributed by atoms with Crippen LogP contribution in [-0.4, -0.2) is 9.97 Å². The summed E-state index contributed by atoms with van der Waals surface area (Å²) < 4.78 is 1.15. The number of aromatic amines is 1. The van der Waals surface area contributed by atoms with Gasteiger partial charge in [0.25, 0.3) is 0 Å². The highest BCUT2D eigenvalue weighted by Gasteiger charge is 2.30. The monoisotopic (exact) mass is 319 g/mol. The molecule has 3 nitrogen and oxygen atoms in total. The van der Waals surface area contributed by atoms with Crippen LogP contribution in [0.4, 0.5) is 0 Å². The molecule has 2 aromatic rings. The molecule has 0 spiro atoms. The fourth-order valence-electron chi connectivity index (χ4n) is 2.81. The fraction of sp³-hybridized carbons (Fsp3) is 0.400.